The molecule has 1 atom stereocenters. The Bertz CT molecular complexity index is 442. The number of nitrogens with zero attached hydrogens (tertiary/aromatic N) is 2. The molecule has 1 fully saturated rings. The van der Waals surface area contributed by atoms with Crippen molar-refractivity contribution in [3.05, 3.63) is 29.8 Å². The fourth-order valence-corrected chi connectivity index (χ4v) is 2.36. The number of aliphatic carboxylic acids is 1. The van der Waals surface area contributed by atoms with Gasteiger partial charge < -0.3 is 15.1 Å². The summed E-state index contributed by atoms with van der Waals surface area (Å²) in [6.07, 6.45) is 0. The SMILES string of the molecule is CN1CCN(CC(C(=O)O)c2cccc(O)c2)CC1. The van der Waals surface area contributed by atoms with Crippen LogP contribution in [0.15, 0.2) is 24.3 Å². The molecule has 2 N–H and O–H groups in total. The van der Waals surface area contributed by atoms with Gasteiger partial charge >= 0.3 is 5.97 Å². The van der Waals surface area contributed by atoms with E-state index in [4.69, 9.17) is 0 Å². The Morgan fingerprint density at radius 2 is 2.00 bits per heavy atom. The largest absolute Gasteiger partial charge is 0.508 e. The third kappa shape index (κ3) is 3.68. The van der Waals surface area contributed by atoms with Gasteiger partial charge in [0, 0.05) is 32.7 Å². The van der Waals surface area contributed by atoms with Gasteiger partial charge in [-0.05, 0) is 24.7 Å². The highest BCUT2D eigenvalue weighted by molar-refractivity contribution is 5.76. The molecule has 1 aliphatic heterocycles. The molecule has 0 aromatic heterocycles. The minimum Gasteiger partial charge on any atom is -0.508 e. The molecule has 0 spiro atoms. The first kappa shape index (κ1) is 13.8. The van der Waals surface area contributed by atoms with E-state index in [1.807, 2.05) is 0 Å². The second-order valence-corrected chi connectivity index (χ2v) is 5.09. The molecule has 1 aromatic rings. The number of hydrogen-bond donors (Lipinski definition) is 2. The molecule has 1 aliphatic rings. The molecule has 1 aromatic carbocycles. The normalized spacial score (nSPS) is 19.2. The van der Waals surface area contributed by atoms with Crippen LogP contribution in [0, 0.1) is 0 Å². The number of phenolic OH excluding ortho intramolecular Hbond substituents is 1. The second kappa shape index (κ2) is 6.04. The zero-order valence-electron chi connectivity index (χ0n) is 11.1. The Kier molecular flexibility index (Phi) is 4.39. The number of carboxylic acid groups (broad SMARTS) is 1. The van der Waals surface area contributed by atoms with Gasteiger partial charge in [0.15, 0.2) is 0 Å². The Morgan fingerprint density at radius 3 is 2.58 bits per heavy atom. The van der Waals surface area contributed by atoms with E-state index in [0.29, 0.717) is 12.1 Å². The molecule has 0 amide bonds. The zero-order valence-corrected chi connectivity index (χ0v) is 11.1. The summed E-state index contributed by atoms with van der Waals surface area (Å²) in [7, 11) is 2.07. The fourth-order valence-electron chi connectivity index (χ4n) is 2.36. The first-order chi connectivity index (χ1) is 9.06. The molecule has 0 radical (unpaired) electrons. The van der Waals surface area contributed by atoms with E-state index in [0.717, 1.165) is 26.2 Å². The molecule has 19 heavy (non-hydrogen) atoms. The van der Waals surface area contributed by atoms with Crippen LogP contribution in [-0.2, 0) is 4.79 Å². The molecule has 0 saturated carbocycles. The molecule has 1 saturated heterocycles. The summed E-state index contributed by atoms with van der Waals surface area (Å²) >= 11 is 0. The predicted molar refractivity (Wildman–Crippen MR) is 72.4 cm³/mol. The van der Waals surface area contributed by atoms with E-state index in [9.17, 15) is 15.0 Å². The van der Waals surface area contributed by atoms with Gasteiger partial charge in [0.05, 0.1) is 5.92 Å². The van der Waals surface area contributed by atoms with Gasteiger partial charge in [-0.2, -0.15) is 0 Å². The molecule has 5 nitrogen and oxygen atoms in total. The van der Waals surface area contributed by atoms with Crippen molar-refractivity contribution < 1.29 is 15.0 Å². The van der Waals surface area contributed by atoms with E-state index in [2.05, 4.69) is 16.8 Å². The lowest BCUT2D eigenvalue weighted by atomic mass is 9.98. The minimum absolute atomic E-state index is 0.113. The molecule has 104 valence electrons. The van der Waals surface area contributed by atoms with Gasteiger partial charge in [-0.15, -0.1) is 0 Å². The van der Waals surface area contributed by atoms with Crippen molar-refractivity contribution in [3.63, 3.8) is 0 Å². The molecule has 1 heterocycles. The van der Waals surface area contributed by atoms with E-state index in [-0.39, 0.29) is 5.75 Å². The quantitative estimate of drug-likeness (QED) is 0.842. The third-order valence-corrected chi connectivity index (χ3v) is 3.61. The van der Waals surface area contributed by atoms with Gasteiger partial charge in [0.1, 0.15) is 5.75 Å². The van der Waals surface area contributed by atoms with Crippen LogP contribution in [0.5, 0.6) is 5.75 Å². The number of piperazine rings is 1. The Labute approximate surface area is 113 Å². The van der Waals surface area contributed by atoms with Crippen molar-refractivity contribution in [1.82, 2.24) is 9.80 Å². The first-order valence-corrected chi connectivity index (χ1v) is 6.49. The van der Waals surface area contributed by atoms with Crippen LogP contribution in [0.1, 0.15) is 11.5 Å². The summed E-state index contributed by atoms with van der Waals surface area (Å²) in [5, 5.41) is 18.9. The number of hydrogen-bond acceptors (Lipinski definition) is 4. The zero-order chi connectivity index (χ0) is 13.8. The molecule has 1 unspecified atom stereocenters. The van der Waals surface area contributed by atoms with Gasteiger partial charge in [0.2, 0.25) is 0 Å². The van der Waals surface area contributed by atoms with Crippen LogP contribution in [0.2, 0.25) is 0 Å². The summed E-state index contributed by atoms with van der Waals surface area (Å²) < 4.78 is 0. The minimum atomic E-state index is -0.843. The second-order valence-electron chi connectivity index (χ2n) is 5.09. The van der Waals surface area contributed by atoms with Gasteiger partial charge in [-0.25, -0.2) is 0 Å². The Balaban J connectivity index is 2.06. The van der Waals surface area contributed by atoms with Crippen molar-refractivity contribution in [2.75, 3.05) is 39.8 Å². The standard InChI is InChI=1S/C14H20N2O3/c1-15-5-7-16(8-6-15)10-13(14(18)19)11-3-2-4-12(17)9-11/h2-4,9,13,17H,5-8,10H2,1H3,(H,18,19). The topological polar surface area (TPSA) is 64.0 Å². The molecule has 2 rings (SSSR count). The van der Waals surface area contributed by atoms with E-state index < -0.39 is 11.9 Å². The summed E-state index contributed by atoms with van der Waals surface area (Å²) in [5.74, 6) is -1.32. The maximum atomic E-state index is 11.4. The number of benzene rings is 1. The Morgan fingerprint density at radius 1 is 1.32 bits per heavy atom. The lowest BCUT2D eigenvalue weighted by Crippen LogP contribution is -2.46. The lowest BCUT2D eigenvalue weighted by Gasteiger charge is -2.33. The van der Waals surface area contributed by atoms with Crippen LogP contribution in [-0.4, -0.2) is 65.8 Å². The number of rotatable bonds is 4. The van der Waals surface area contributed by atoms with Crippen LogP contribution in [0.3, 0.4) is 0 Å². The summed E-state index contributed by atoms with van der Waals surface area (Å²) in [5.41, 5.74) is 0.659. The summed E-state index contributed by atoms with van der Waals surface area (Å²) in [6, 6.07) is 6.53. The highest BCUT2D eigenvalue weighted by Gasteiger charge is 2.25. The summed E-state index contributed by atoms with van der Waals surface area (Å²) in [6.45, 7) is 4.20. The smallest absolute Gasteiger partial charge is 0.312 e. The molecular weight excluding hydrogens is 244 g/mol. The molecular formula is C14H20N2O3. The van der Waals surface area contributed by atoms with Gasteiger partial charge in [0.25, 0.3) is 0 Å². The van der Waals surface area contributed by atoms with E-state index in [1.165, 1.54) is 6.07 Å². The van der Waals surface area contributed by atoms with Crippen LogP contribution in [0.4, 0.5) is 0 Å². The summed E-state index contributed by atoms with van der Waals surface area (Å²) in [4.78, 5) is 15.8. The number of carboxylic acids is 1. The number of carbonyl (C=O) groups is 1. The Hall–Kier alpha value is -1.59. The van der Waals surface area contributed by atoms with Crippen molar-refractivity contribution in [2.45, 2.75) is 5.92 Å². The highest BCUT2D eigenvalue weighted by Crippen LogP contribution is 2.22. The lowest BCUT2D eigenvalue weighted by molar-refractivity contribution is -0.139. The van der Waals surface area contributed by atoms with Crippen LogP contribution >= 0.6 is 0 Å². The maximum Gasteiger partial charge on any atom is 0.312 e. The predicted octanol–water partition coefficient (Wildman–Crippen LogP) is 0.808. The third-order valence-electron chi connectivity index (χ3n) is 3.61. The number of aromatic hydroxyl groups is 1. The number of likely N-dealkylation sites (N-methyl/N-ethyl adjacent to an activating group) is 1. The highest BCUT2D eigenvalue weighted by atomic mass is 16.4. The van der Waals surface area contributed by atoms with Crippen molar-refractivity contribution in [1.29, 1.82) is 0 Å². The monoisotopic (exact) mass is 264 g/mol. The van der Waals surface area contributed by atoms with E-state index in [1.54, 1.807) is 18.2 Å². The molecule has 5 heteroatoms. The van der Waals surface area contributed by atoms with Crippen molar-refractivity contribution in [2.24, 2.45) is 0 Å². The van der Waals surface area contributed by atoms with Gasteiger partial charge in [-0.3, -0.25) is 9.69 Å². The average Bonchev–Trinajstić information content (AvgIpc) is 2.37. The average molecular weight is 264 g/mol. The van der Waals surface area contributed by atoms with Crippen molar-refractivity contribution in [3.8, 4) is 5.75 Å². The van der Waals surface area contributed by atoms with Crippen molar-refractivity contribution >= 4 is 5.97 Å². The van der Waals surface area contributed by atoms with E-state index >= 15 is 0 Å². The van der Waals surface area contributed by atoms with Crippen LogP contribution < -0.4 is 0 Å². The van der Waals surface area contributed by atoms with Gasteiger partial charge in [-0.1, -0.05) is 12.1 Å². The molecule has 0 aliphatic carbocycles. The first-order valence-electron chi connectivity index (χ1n) is 6.49. The van der Waals surface area contributed by atoms with Crippen LogP contribution in [0.25, 0.3) is 0 Å². The number of phenols is 1. The molecule has 0 bridgehead atoms. The maximum absolute atomic E-state index is 11.4. The fraction of sp³-hybridized carbons (Fsp3) is 0.500.